The number of rotatable bonds is 6. The molecule has 0 bridgehead atoms. The number of nitrogens with one attached hydrogen (secondary N) is 2. The Hall–Kier alpha value is -2.63. The van der Waals surface area contributed by atoms with Crippen molar-refractivity contribution in [3.63, 3.8) is 0 Å². The number of para-hydroxylation sites is 1. The van der Waals surface area contributed by atoms with E-state index >= 15 is 0 Å². The zero-order valence-electron chi connectivity index (χ0n) is 17.5. The highest BCUT2D eigenvalue weighted by molar-refractivity contribution is 6.30. The zero-order valence-corrected chi connectivity index (χ0v) is 18.2. The van der Waals surface area contributed by atoms with Crippen molar-refractivity contribution >= 4 is 34.2 Å². The number of benzene rings is 2. The molecule has 6 heteroatoms. The van der Waals surface area contributed by atoms with Crippen LogP contribution in [0.15, 0.2) is 54.6 Å². The summed E-state index contributed by atoms with van der Waals surface area (Å²) in [5.74, 6) is 0.790. The lowest BCUT2D eigenvalue weighted by Gasteiger charge is -2.32. The molecule has 2 N–H and O–H groups in total. The van der Waals surface area contributed by atoms with Crippen molar-refractivity contribution < 1.29 is 4.79 Å². The topological polar surface area (TPSA) is 57.3 Å². The van der Waals surface area contributed by atoms with Gasteiger partial charge in [-0.25, -0.2) is 4.98 Å². The van der Waals surface area contributed by atoms with E-state index in [1.54, 1.807) is 0 Å². The van der Waals surface area contributed by atoms with Gasteiger partial charge in [0.15, 0.2) is 0 Å². The number of likely N-dealkylation sites (tertiary alicyclic amines) is 1. The average molecular weight is 435 g/mol. The maximum absolute atomic E-state index is 12.8. The van der Waals surface area contributed by atoms with Gasteiger partial charge in [-0.15, -0.1) is 0 Å². The highest BCUT2D eigenvalue weighted by Gasteiger charge is 2.25. The lowest BCUT2D eigenvalue weighted by atomic mass is 10.0. The molecular weight excluding hydrogens is 408 g/mol. The molecule has 1 aromatic heterocycles. The van der Waals surface area contributed by atoms with Crippen LogP contribution in [0.25, 0.3) is 10.9 Å². The molecule has 2 aromatic carbocycles. The SMILES string of the molecule is O=C(NC1CC1)c1cc(NC2CCN(Cc3ccc(Cl)cc3)CC2)nc2ccccc12. The van der Waals surface area contributed by atoms with Crippen LogP contribution in [0.4, 0.5) is 5.82 Å². The average Bonchev–Trinajstić information content (AvgIpc) is 3.60. The standard InChI is InChI=1S/C25H27ClN4O/c26-18-7-5-17(6-8-18)16-30-13-11-20(12-14-30)27-24-15-22(25(31)28-19-9-10-19)21-3-1-2-4-23(21)29-24/h1-8,15,19-20H,9-14,16H2,(H,27,29)(H,28,31). The first-order valence-corrected chi connectivity index (χ1v) is 11.5. The Labute approximate surface area is 187 Å². The van der Waals surface area contributed by atoms with E-state index in [1.807, 2.05) is 42.5 Å². The van der Waals surface area contributed by atoms with E-state index in [1.165, 1.54) is 5.56 Å². The van der Waals surface area contributed by atoms with Crippen molar-refractivity contribution in [3.05, 3.63) is 70.7 Å². The third kappa shape index (κ3) is 5.00. The quantitative estimate of drug-likeness (QED) is 0.581. The Bertz CT molecular complexity index is 1070. The summed E-state index contributed by atoms with van der Waals surface area (Å²) in [6, 6.07) is 18.6. The Morgan fingerprint density at radius 3 is 2.48 bits per heavy atom. The third-order valence-corrected chi connectivity index (χ3v) is 6.38. The smallest absolute Gasteiger partial charge is 0.252 e. The van der Waals surface area contributed by atoms with Gasteiger partial charge in [0.05, 0.1) is 11.1 Å². The molecule has 160 valence electrons. The second-order valence-electron chi connectivity index (χ2n) is 8.64. The molecule has 1 amide bonds. The van der Waals surface area contributed by atoms with E-state index in [0.717, 1.165) is 67.1 Å². The number of carbonyl (C=O) groups excluding carboxylic acids is 1. The largest absolute Gasteiger partial charge is 0.367 e. The fourth-order valence-electron chi connectivity index (χ4n) is 4.22. The Kier molecular flexibility index (Phi) is 5.79. The molecule has 1 aliphatic heterocycles. The van der Waals surface area contributed by atoms with Crippen LogP contribution in [0.2, 0.25) is 5.02 Å². The zero-order chi connectivity index (χ0) is 21.2. The molecule has 2 heterocycles. The van der Waals surface area contributed by atoms with E-state index in [2.05, 4.69) is 27.7 Å². The van der Waals surface area contributed by atoms with Gasteiger partial charge in [0.1, 0.15) is 5.82 Å². The molecule has 5 nitrogen and oxygen atoms in total. The van der Waals surface area contributed by atoms with E-state index in [4.69, 9.17) is 16.6 Å². The summed E-state index contributed by atoms with van der Waals surface area (Å²) >= 11 is 5.99. The number of anilines is 1. The minimum absolute atomic E-state index is 0.00179. The number of piperidine rings is 1. The number of hydrogen-bond donors (Lipinski definition) is 2. The maximum Gasteiger partial charge on any atom is 0.252 e. The predicted molar refractivity (Wildman–Crippen MR) is 126 cm³/mol. The van der Waals surface area contributed by atoms with Gasteiger partial charge in [-0.2, -0.15) is 0 Å². The van der Waals surface area contributed by atoms with E-state index in [0.29, 0.717) is 17.6 Å². The van der Waals surface area contributed by atoms with Crippen LogP contribution in [-0.2, 0) is 6.54 Å². The molecule has 5 rings (SSSR count). The van der Waals surface area contributed by atoms with Crippen molar-refractivity contribution in [2.75, 3.05) is 18.4 Å². The normalized spacial score (nSPS) is 17.6. The highest BCUT2D eigenvalue weighted by atomic mass is 35.5. The summed E-state index contributed by atoms with van der Waals surface area (Å²) in [5.41, 5.74) is 2.85. The highest BCUT2D eigenvalue weighted by Crippen LogP contribution is 2.25. The Balaban J connectivity index is 1.25. The fraction of sp³-hybridized carbons (Fsp3) is 0.360. The molecule has 2 fully saturated rings. The number of hydrogen-bond acceptors (Lipinski definition) is 4. The van der Waals surface area contributed by atoms with E-state index < -0.39 is 0 Å². The van der Waals surface area contributed by atoms with Gasteiger partial charge in [-0.3, -0.25) is 9.69 Å². The van der Waals surface area contributed by atoms with Crippen molar-refractivity contribution in [2.45, 2.75) is 44.3 Å². The maximum atomic E-state index is 12.8. The molecule has 31 heavy (non-hydrogen) atoms. The molecule has 3 aromatic rings. The molecule has 0 atom stereocenters. The van der Waals surface area contributed by atoms with E-state index in [9.17, 15) is 4.79 Å². The lowest BCUT2D eigenvalue weighted by molar-refractivity contribution is 0.0952. The summed E-state index contributed by atoms with van der Waals surface area (Å²) in [7, 11) is 0. The molecule has 1 saturated carbocycles. The van der Waals surface area contributed by atoms with Gasteiger partial charge in [-0.1, -0.05) is 41.9 Å². The Morgan fingerprint density at radius 2 is 1.74 bits per heavy atom. The van der Waals surface area contributed by atoms with Gasteiger partial charge in [0.25, 0.3) is 5.91 Å². The summed E-state index contributed by atoms with van der Waals surface area (Å²) < 4.78 is 0. The van der Waals surface area contributed by atoms with Gasteiger partial charge in [0, 0.05) is 42.1 Å². The van der Waals surface area contributed by atoms with Crippen LogP contribution in [0.5, 0.6) is 0 Å². The molecule has 2 aliphatic rings. The predicted octanol–water partition coefficient (Wildman–Crippen LogP) is 4.86. The summed E-state index contributed by atoms with van der Waals surface area (Å²) in [6.07, 6.45) is 4.25. The summed E-state index contributed by atoms with van der Waals surface area (Å²) in [6.45, 7) is 3.01. The van der Waals surface area contributed by atoms with Crippen LogP contribution < -0.4 is 10.6 Å². The minimum atomic E-state index is 0.00179. The van der Waals surface area contributed by atoms with Crippen molar-refractivity contribution in [1.29, 1.82) is 0 Å². The fourth-order valence-corrected chi connectivity index (χ4v) is 4.35. The molecule has 1 saturated heterocycles. The van der Waals surface area contributed by atoms with Crippen molar-refractivity contribution in [3.8, 4) is 0 Å². The molecule has 0 radical (unpaired) electrons. The van der Waals surface area contributed by atoms with Crippen LogP contribution in [-0.4, -0.2) is 41.0 Å². The monoisotopic (exact) mass is 434 g/mol. The van der Waals surface area contributed by atoms with Crippen molar-refractivity contribution in [1.82, 2.24) is 15.2 Å². The van der Waals surface area contributed by atoms with E-state index in [-0.39, 0.29) is 5.91 Å². The summed E-state index contributed by atoms with van der Waals surface area (Å²) in [4.78, 5) is 20.1. The number of carbonyl (C=O) groups is 1. The minimum Gasteiger partial charge on any atom is -0.367 e. The first-order valence-electron chi connectivity index (χ1n) is 11.1. The molecule has 0 unspecified atom stereocenters. The van der Waals surface area contributed by atoms with Crippen molar-refractivity contribution in [2.24, 2.45) is 0 Å². The number of pyridine rings is 1. The Morgan fingerprint density at radius 1 is 1.00 bits per heavy atom. The van der Waals surface area contributed by atoms with Crippen LogP contribution in [0.1, 0.15) is 41.6 Å². The summed E-state index contributed by atoms with van der Waals surface area (Å²) in [5, 5.41) is 8.39. The first kappa shape index (κ1) is 20.3. The number of amides is 1. The van der Waals surface area contributed by atoms with Crippen LogP contribution >= 0.6 is 11.6 Å². The molecule has 0 spiro atoms. The molecule has 1 aliphatic carbocycles. The van der Waals surface area contributed by atoms with Crippen LogP contribution in [0, 0.1) is 0 Å². The number of nitrogens with zero attached hydrogens (tertiary/aromatic N) is 2. The number of fused-ring (bicyclic) bond motifs is 1. The lowest BCUT2D eigenvalue weighted by Crippen LogP contribution is -2.38. The second kappa shape index (κ2) is 8.85. The number of aromatic nitrogens is 1. The van der Waals surface area contributed by atoms with Gasteiger partial charge >= 0.3 is 0 Å². The van der Waals surface area contributed by atoms with Gasteiger partial charge < -0.3 is 10.6 Å². The number of halogens is 1. The van der Waals surface area contributed by atoms with Gasteiger partial charge in [-0.05, 0) is 55.5 Å². The third-order valence-electron chi connectivity index (χ3n) is 6.13. The second-order valence-corrected chi connectivity index (χ2v) is 9.08. The van der Waals surface area contributed by atoms with Crippen LogP contribution in [0.3, 0.4) is 0 Å². The molecular formula is C25H27ClN4O. The first-order chi connectivity index (χ1) is 15.1. The van der Waals surface area contributed by atoms with Gasteiger partial charge in [0.2, 0.25) is 0 Å².